The van der Waals surface area contributed by atoms with Crippen molar-refractivity contribution >= 4 is 33.2 Å². The molecule has 1 aliphatic rings. The lowest BCUT2D eigenvalue weighted by Gasteiger charge is -2.15. The van der Waals surface area contributed by atoms with Crippen LogP contribution in [0.1, 0.15) is 42.6 Å². The fraction of sp³-hybridized carbons (Fsp3) is 0.300. The number of amides is 2. The fourth-order valence-corrected chi connectivity index (χ4v) is 4.81. The summed E-state index contributed by atoms with van der Waals surface area (Å²) in [5, 5.41) is 2.81. The molecule has 27 heavy (non-hydrogen) atoms. The quantitative estimate of drug-likeness (QED) is 0.873. The first kappa shape index (κ1) is 19.1. The molecule has 2 amide bonds. The van der Waals surface area contributed by atoms with Crippen LogP contribution >= 0.6 is 0 Å². The highest BCUT2D eigenvalue weighted by atomic mass is 32.2. The van der Waals surface area contributed by atoms with Crippen molar-refractivity contribution in [1.29, 1.82) is 0 Å². The van der Waals surface area contributed by atoms with Crippen molar-refractivity contribution < 1.29 is 18.0 Å². The minimum Gasteiger partial charge on any atom is -0.322 e. The number of hydrogen-bond donors (Lipinski definition) is 1. The third-order valence-electron chi connectivity index (χ3n) is 4.56. The predicted octanol–water partition coefficient (Wildman–Crippen LogP) is 3.37. The van der Waals surface area contributed by atoms with Crippen LogP contribution in [0.5, 0.6) is 0 Å². The van der Waals surface area contributed by atoms with E-state index < -0.39 is 21.8 Å². The minimum absolute atomic E-state index is 0.194. The number of benzene rings is 2. The van der Waals surface area contributed by atoms with Gasteiger partial charge in [-0.2, -0.15) is 0 Å². The second-order valence-corrected chi connectivity index (χ2v) is 8.92. The molecule has 3 rings (SSSR count). The highest BCUT2D eigenvalue weighted by Gasteiger charge is 2.41. The molecule has 142 valence electrons. The molecular weight excluding hydrogens is 364 g/mol. The lowest BCUT2D eigenvalue weighted by Crippen LogP contribution is -2.30. The van der Waals surface area contributed by atoms with Crippen LogP contribution < -0.4 is 9.62 Å². The van der Waals surface area contributed by atoms with Gasteiger partial charge in [0.15, 0.2) is 0 Å². The summed E-state index contributed by atoms with van der Waals surface area (Å²) in [7, 11) is -3.65. The van der Waals surface area contributed by atoms with E-state index in [0.29, 0.717) is 17.2 Å². The van der Waals surface area contributed by atoms with E-state index >= 15 is 0 Å². The molecule has 0 aliphatic carbocycles. The number of sulfonamides is 1. The molecule has 0 radical (unpaired) electrons. The second kappa shape index (κ2) is 7.15. The van der Waals surface area contributed by atoms with Crippen molar-refractivity contribution in [3.63, 3.8) is 0 Å². The highest BCUT2D eigenvalue weighted by Crippen LogP contribution is 2.28. The molecule has 1 aliphatic heterocycles. The lowest BCUT2D eigenvalue weighted by molar-refractivity contribution is -0.119. The molecule has 0 saturated carbocycles. The first-order valence-corrected chi connectivity index (χ1v) is 10.4. The van der Waals surface area contributed by atoms with Gasteiger partial charge in [0.25, 0.3) is 5.91 Å². The molecule has 0 bridgehead atoms. The van der Waals surface area contributed by atoms with Crippen LogP contribution in [0.3, 0.4) is 0 Å². The number of nitrogens with zero attached hydrogens (tertiary/aromatic N) is 1. The monoisotopic (exact) mass is 386 g/mol. The van der Waals surface area contributed by atoms with Crippen molar-refractivity contribution in [3.05, 3.63) is 59.7 Å². The van der Waals surface area contributed by atoms with Gasteiger partial charge in [-0.3, -0.25) is 9.59 Å². The summed E-state index contributed by atoms with van der Waals surface area (Å²) in [6.07, 6.45) is 0. The van der Waals surface area contributed by atoms with Gasteiger partial charge in [-0.1, -0.05) is 32.9 Å². The Morgan fingerprint density at radius 3 is 2.15 bits per heavy atom. The van der Waals surface area contributed by atoms with Crippen molar-refractivity contribution in [1.82, 2.24) is 0 Å². The number of rotatable bonds is 4. The summed E-state index contributed by atoms with van der Waals surface area (Å²) in [5.41, 5.74) is 2.49. The molecule has 7 heteroatoms. The summed E-state index contributed by atoms with van der Waals surface area (Å²) in [6.45, 7) is 5.79. The van der Waals surface area contributed by atoms with Crippen molar-refractivity contribution in [3.8, 4) is 0 Å². The van der Waals surface area contributed by atoms with Crippen LogP contribution in [0, 0.1) is 5.92 Å². The van der Waals surface area contributed by atoms with E-state index in [0.717, 1.165) is 4.31 Å². The number of carbonyl (C=O) groups excluding carboxylic acids is 2. The summed E-state index contributed by atoms with van der Waals surface area (Å²) < 4.78 is 25.1. The van der Waals surface area contributed by atoms with Crippen LogP contribution in [0.2, 0.25) is 0 Å². The Kier molecular flexibility index (Phi) is 5.06. The van der Waals surface area contributed by atoms with Crippen LogP contribution in [0.15, 0.2) is 48.5 Å². The van der Waals surface area contributed by atoms with E-state index in [2.05, 4.69) is 19.2 Å². The molecule has 1 fully saturated rings. The SMILES string of the molecule is CC(C)c1ccc(NC(=O)c2ccc(N3C(=O)[C@@H](C)CS3(=O)=O)cc2)cc1. The molecule has 1 N–H and O–H groups in total. The molecule has 2 aromatic rings. The van der Waals surface area contributed by atoms with Crippen LogP contribution in [-0.2, 0) is 14.8 Å². The van der Waals surface area contributed by atoms with Gasteiger partial charge >= 0.3 is 0 Å². The Labute approximate surface area is 159 Å². The number of nitrogens with one attached hydrogen (secondary N) is 1. The Morgan fingerprint density at radius 2 is 1.67 bits per heavy atom. The summed E-state index contributed by atoms with van der Waals surface area (Å²) in [4.78, 5) is 24.5. The zero-order chi connectivity index (χ0) is 19.8. The van der Waals surface area contributed by atoms with E-state index in [1.165, 1.54) is 29.8 Å². The van der Waals surface area contributed by atoms with E-state index in [1.54, 1.807) is 6.92 Å². The first-order valence-electron chi connectivity index (χ1n) is 8.77. The van der Waals surface area contributed by atoms with E-state index in [9.17, 15) is 18.0 Å². The third-order valence-corrected chi connectivity index (χ3v) is 6.43. The van der Waals surface area contributed by atoms with Gasteiger partial charge in [-0.25, -0.2) is 12.7 Å². The summed E-state index contributed by atoms with van der Waals surface area (Å²) >= 11 is 0. The standard InChI is InChI=1S/C20H22N2O4S/c1-13(2)15-4-8-17(9-5-15)21-19(23)16-6-10-18(11-7-16)22-20(24)14(3)12-27(22,25)26/h4-11,13-14H,12H2,1-3H3,(H,21,23)/t14-/m0/s1. The molecule has 2 aromatic carbocycles. The molecule has 1 atom stereocenters. The van der Waals surface area contributed by atoms with Crippen LogP contribution in [0.4, 0.5) is 11.4 Å². The van der Waals surface area contributed by atoms with Gasteiger partial charge in [0.05, 0.1) is 17.4 Å². The van der Waals surface area contributed by atoms with Gasteiger partial charge in [-0.05, 0) is 47.9 Å². The minimum atomic E-state index is -3.65. The normalized spacial score (nSPS) is 18.7. The zero-order valence-corrected chi connectivity index (χ0v) is 16.3. The fourth-order valence-electron chi connectivity index (χ4n) is 2.99. The Balaban J connectivity index is 1.75. The summed E-state index contributed by atoms with van der Waals surface area (Å²) in [5.74, 6) is -1.10. The first-order chi connectivity index (χ1) is 12.7. The second-order valence-electron chi connectivity index (χ2n) is 7.06. The molecule has 1 heterocycles. The van der Waals surface area contributed by atoms with Gasteiger partial charge in [0.2, 0.25) is 15.9 Å². The van der Waals surface area contributed by atoms with Crippen LogP contribution in [0.25, 0.3) is 0 Å². The lowest BCUT2D eigenvalue weighted by atomic mass is 10.0. The molecule has 0 unspecified atom stereocenters. The highest BCUT2D eigenvalue weighted by molar-refractivity contribution is 7.94. The maximum Gasteiger partial charge on any atom is 0.255 e. The number of anilines is 2. The smallest absolute Gasteiger partial charge is 0.255 e. The van der Waals surface area contributed by atoms with Crippen molar-refractivity contribution in [2.24, 2.45) is 5.92 Å². The Bertz CT molecular complexity index is 964. The molecule has 6 nitrogen and oxygen atoms in total. The average Bonchev–Trinajstić information content (AvgIpc) is 2.82. The third kappa shape index (κ3) is 3.88. The van der Waals surface area contributed by atoms with Gasteiger partial charge in [0, 0.05) is 11.3 Å². The van der Waals surface area contributed by atoms with Crippen molar-refractivity contribution in [2.45, 2.75) is 26.7 Å². The number of carbonyl (C=O) groups is 2. The largest absolute Gasteiger partial charge is 0.322 e. The van der Waals surface area contributed by atoms with Gasteiger partial charge in [-0.15, -0.1) is 0 Å². The molecular formula is C20H22N2O4S. The Hall–Kier alpha value is -2.67. The summed E-state index contributed by atoms with van der Waals surface area (Å²) in [6, 6.07) is 13.6. The molecule has 0 spiro atoms. The zero-order valence-electron chi connectivity index (χ0n) is 15.5. The van der Waals surface area contributed by atoms with Crippen LogP contribution in [-0.4, -0.2) is 26.0 Å². The van der Waals surface area contributed by atoms with Gasteiger partial charge in [0.1, 0.15) is 0 Å². The maximum absolute atomic E-state index is 12.4. The topological polar surface area (TPSA) is 83.6 Å². The maximum atomic E-state index is 12.4. The predicted molar refractivity (Wildman–Crippen MR) is 105 cm³/mol. The average molecular weight is 386 g/mol. The van der Waals surface area contributed by atoms with E-state index in [4.69, 9.17) is 0 Å². The Morgan fingerprint density at radius 1 is 1.07 bits per heavy atom. The van der Waals surface area contributed by atoms with E-state index in [1.807, 2.05) is 24.3 Å². The van der Waals surface area contributed by atoms with Crippen molar-refractivity contribution in [2.75, 3.05) is 15.4 Å². The van der Waals surface area contributed by atoms with Gasteiger partial charge < -0.3 is 5.32 Å². The molecule has 0 aromatic heterocycles. The molecule has 1 saturated heterocycles. The number of hydrogen-bond acceptors (Lipinski definition) is 4. The van der Waals surface area contributed by atoms with E-state index in [-0.39, 0.29) is 17.3 Å².